The summed E-state index contributed by atoms with van der Waals surface area (Å²) in [7, 11) is 0. The van der Waals surface area contributed by atoms with Gasteiger partial charge in [0.15, 0.2) is 0 Å². The lowest BCUT2D eigenvalue weighted by molar-refractivity contribution is -0.144. The van der Waals surface area contributed by atoms with Crippen molar-refractivity contribution in [3.63, 3.8) is 0 Å². The summed E-state index contributed by atoms with van der Waals surface area (Å²) in [5.74, 6) is -0.931. The third kappa shape index (κ3) is 3.12. The van der Waals surface area contributed by atoms with Crippen molar-refractivity contribution in [1.82, 2.24) is 9.97 Å². The molecular weight excluding hydrogens is 379 g/mol. The minimum Gasteiger partial charge on any atom is -0.457 e. The fourth-order valence-electron chi connectivity index (χ4n) is 3.16. The van der Waals surface area contributed by atoms with E-state index in [0.717, 1.165) is 24.8 Å². The SMILES string of the molecule is O=C(Cc1c(F)cccc1Cl)OCc1nc2sc3c(c2c(=O)[nH]1)CCC3. The van der Waals surface area contributed by atoms with E-state index < -0.39 is 11.8 Å². The van der Waals surface area contributed by atoms with Gasteiger partial charge in [-0.3, -0.25) is 9.59 Å². The zero-order chi connectivity index (χ0) is 18.3. The number of carbonyl (C=O) groups is 1. The van der Waals surface area contributed by atoms with Crippen molar-refractivity contribution in [2.75, 3.05) is 0 Å². The van der Waals surface area contributed by atoms with Crippen molar-refractivity contribution in [3.8, 4) is 0 Å². The van der Waals surface area contributed by atoms with Gasteiger partial charge in [-0.25, -0.2) is 9.37 Å². The van der Waals surface area contributed by atoms with Gasteiger partial charge in [0.1, 0.15) is 23.1 Å². The number of ether oxygens (including phenoxy) is 1. The topological polar surface area (TPSA) is 72.0 Å². The molecule has 0 spiro atoms. The third-order valence-corrected chi connectivity index (χ3v) is 5.92. The van der Waals surface area contributed by atoms with Crippen LogP contribution in [0.4, 0.5) is 4.39 Å². The Morgan fingerprint density at radius 1 is 1.38 bits per heavy atom. The molecule has 0 atom stereocenters. The highest BCUT2D eigenvalue weighted by atomic mass is 35.5. The van der Waals surface area contributed by atoms with Crippen LogP contribution in [0, 0.1) is 5.82 Å². The van der Waals surface area contributed by atoms with Gasteiger partial charge in [0, 0.05) is 15.5 Å². The number of aryl methyl sites for hydroxylation is 2. The van der Waals surface area contributed by atoms with Gasteiger partial charge in [-0.05, 0) is 37.0 Å². The van der Waals surface area contributed by atoms with Gasteiger partial charge in [-0.2, -0.15) is 0 Å². The molecule has 1 aromatic carbocycles. The molecule has 0 fully saturated rings. The Morgan fingerprint density at radius 3 is 3.04 bits per heavy atom. The molecule has 8 heteroatoms. The Morgan fingerprint density at radius 2 is 2.23 bits per heavy atom. The predicted molar refractivity (Wildman–Crippen MR) is 97.2 cm³/mol. The molecule has 0 unspecified atom stereocenters. The van der Waals surface area contributed by atoms with Gasteiger partial charge >= 0.3 is 5.97 Å². The van der Waals surface area contributed by atoms with E-state index >= 15 is 0 Å². The summed E-state index contributed by atoms with van der Waals surface area (Å²) in [6.07, 6.45) is 2.65. The molecule has 1 N–H and O–H groups in total. The molecule has 0 radical (unpaired) electrons. The molecular formula is C18H14ClFN2O3S. The molecule has 3 aromatic rings. The minimum absolute atomic E-state index is 0.0887. The molecule has 2 heterocycles. The number of halogens is 2. The van der Waals surface area contributed by atoms with Crippen LogP contribution in [-0.4, -0.2) is 15.9 Å². The number of nitrogens with one attached hydrogen (secondary N) is 1. The highest BCUT2D eigenvalue weighted by Gasteiger charge is 2.21. The lowest BCUT2D eigenvalue weighted by Crippen LogP contribution is -2.15. The Labute approximate surface area is 156 Å². The number of benzene rings is 1. The average Bonchev–Trinajstić information content (AvgIpc) is 3.17. The van der Waals surface area contributed by atoms with E-state index in [1.807, 2.05) is 0 Å². The molecule has 4 rings (SSSR count). The smallest absolute Gasteiger partial charge is 0.310 e. The maximum absolute atomic E-state index is 13.7. The van der Waals surface area contributed by atoms with Crippen LogP contribution in [-0.2, 0) is 35.4 Å². The summed E-state index contributed by atoms with van der Waals surface area (Å²) in [4.78, 5) is 33.3. The Kier molecular flexibility index (Phi) is 4.50. The van der Waals surface area contributed by atoms with Crippen LogP contribution < -0.4 is 5.56 Å². The van der Waals surface area contributed by atoms with Crippen molar-refractivity contribution in [3.05, 3.63) is 61.2 Å². The zero-order valence-electron chi connectivity index (χ0n) is 13.6. The lowest BCUT2D eigenvalue weighted by Gasteiger charge is -2.07. The highest BCUT2D eigenvalue weighted by molar-refractivity contribution is 7.18. The number of fused-ring (bicyclic) bond motifs is 3. The van der Waals surface area contributed by atoms with Crippen LogP contribution >= 0.6 is 22.9 Å². The van der Waals surface area contributed by atoms with Crippen LogP contribution in [0.25, 0.3) is 10.2 Å². The van der Waals surface area contributed by atoms with E-state index in [0.29, 0.717) is 10.2 Å². The molecule has 0 amide bonds. The Bertz CT molecular complexity index is 1060. The quantitative estimate of drug-likeness (QED) is 0.689. The number of esters is 1. The number of nitrogens with zero attached hydrogens (tertiary/aromatic N) is 1. The number of H-pyrrole nitrogens is 1. The summed E-state index contributed by atoms with van der Waals surface area (Å²) in [5.41, 5.74) is 0.972. The Balaban J connectivity index is 1.50. The Hall–Kier alpha value is -2.25. The number of aromatic amines is 1. The van der Waals surface area contributed by atoms with E-state index in [9.17, 15) is 14.0 Å². The first kappa shape index (κ1) is 17.2. The van der Waals surface area contributed by atoms with E-state index in [1.165, 1.54) is 34.4 Å². The van der Waals surface area contributed by atoms with Crippen molar-refractivity contribution < 1.29 is 13.9 Å². The summed E-state index contributed by atoms with van der Waals surface area (Å²) < 4.78 is 18.9. The van der Waals surface area contributed by atoms with Crippen LogP contribution in [0.15, 0.2) is 23.0 Å². The number of aromatic nitrogens is 2. The molecule has 1 aliphatic rings. The number of thiophene rings is 1. The van der Waals surface area contributed by atoms with Crippen LogP contribution in [0.1, 0.15) is 28.2 Å². The first-order chi connectivity index (χ1) is 12.5. The van der Waals surface area contributed by atoms with Gasteiger partial charge in [0.05, 0.1) is 11.8 Å². The molecule has 0 bridgehead atoms. The largest absolute Gasteiger partial charge is 0.457 e. The molecule has 2 aromatic heterocycles. The number of carbonyl (C=O) groups excluding carboxylic acids is 1. The second-order valence-electron chi connectivity index (χ2n) is 6.09. The van der Waals surface area contributed by atoms with E-state index in [1.54, 1.807) is 0 Å². The zero-order valence-corrected chi connectivity index (χ0v) is 15.2. The van der Waals surface area contributed by atoms with Gasteiger partial charge in [-0.1, -0.05) is 17.7 Å². The van der Waals surface area contributed by atoms with E-state index in [4.69, 9.17) is 16.3 Å². The monoisotopic (exact) mass is 392 g/mol. The standard InChI is InChI=1S/C18H14ClFN2O3S/c19-11-4-2-5-12(20)10(11)7-15(23)25-8-14-21-17(24)16-9-3-1-6-13(9)26-18(16)22-14/h2,4-5H,1,3,6-8H2,(H,21,22,24). The maximum Gasteiger partial charge on any atom is 0.310 e. The molecule has 0 saturated carbocycles. The van der Waals surface area contributed by atoms with Crippen LogP contribution in [0.2, 0.25) is 5.02 Å². The fraction of sp³-hybridized carbons (Fsp3) is 0.278. The second kappa shape index (κ2) is 6.81. The lowest BCUT2D eigenvalue weighted by atomic mass is 10.1. The summed E-state index contributed by atoms with van der Waals surface area (Å²) in [5, 5.41) is 0.818. The van der Waals surface area contributed by atoms with Crippen molar-refractivity contribution in [2.45, 2.75) is 32.3 Å². The molecule has 0 saturated heterocycles. The van der Waals surface area contributed by atoms with Gasteiger partial charge in [-0.15, -0.1) is 11.3 Å². The number of hydrogen-bond donors (Lipinski definition) is 1. The molecule has 5 nitrogen and oxygen atoms in total. The van der Waals surface area contributed by atoms with Crippen LogP contribution in [0.5, 0.6) is 0 Å². The third-order valence-electron chi connectivity index (χ3n) is 4.38. The minimum atomic E-state index is -0.645. The molecule has 0 aliphatic heterocycles. The highest BCUT2D eigenvalue weighted by Crippen LogP contribution is 2.34. The number of hydrogen-bond acceptors (Lipinski definition) is 5. The summed E-state index contributed by atoms with van der Waals surface area (Å²) in [6.45, 7) is -0.182. The summed E-state index contributed by atoms with van der Waals surface area (Å²) in [6, 6.07) is 4.21. The van der Waals surface area contributed by atoms with Gasteiger partial charge in [0.25, 0.3) is 5.56 Å². The van der Waals surface area contributed by atoms with Crippen molar-refractivity contribution >= 4 is 39.1 Å². The van der Waals surface area contributed by atoms with Crippen LogP contribution in [0.3, 0.4) is 0 Å². The van der Waals surface area contributed by atoms with E-state index in [2.05, 4.69) is 9.97 Å². The summed E-state index contributed by atoms with van der Waals surface area (Å²) >= 11 is 7.42. The van der Waals surface area contributed by atoms with Crippen molar-refractivity contribution in [1.29, 1.82) is 0 Å². The average molecular weight is 393 g/mol. The van der Waals surface area contributed by atoms with Gasteiger partial charge in [0.2, 0.25) is 0 Å². The van der Waals surface area contributed by atoms with Gasteiger partial charge < -0.3 is 9.72 Å². The first-order valence-corrected chi connectivity index (χ1v) is 9.34. The molecule has 134 valence electrons. The first-order valence-electron chi connectivity index (χ1n) is 8.15. The fourth-order valence-corrected chi connectivity index (χ4v) is 4.67. The molecule has 26 heavy (non-hydrogen) atoms. The van der Waals surface area contributed by atoms with Crippen molar-refractivity contribution in [2.24, 2.45) is 0 Å². The number of rotatable bonds is 4. The maximum atomic E-state index is 13.7. The molecule has 1 aliphatic carbocycles. The predicted octanol–water partition coefficient (Wildman–Crippen LogP) is 3.55. The normalized spacial score (nSPS) is 13.2. The second-order valence-corrected chi connectivity index (χ2v) is 7.58. The van der Waals surface area contributed by atoms with E-state index in [-0.39, 0.29) is 35.0 Å².